The van der Waals surface area contributed by atoms with Crippen molar-refractivity contribution in [2.24, 2.45) is 0 Å². The lowest BCUT2D eigenvalue weighted by molar-refractivity contribution is 0.668. The highest BCUT2D eigenvalue weighted by molar-refractivity contribution is 9.11. The van der Waals surface area contributed by atoms with Crippen LogP contribution in [0.1, 0.15) is 6.92 Å². The van der Waals surface area contributed by atoms with E-state index >= 15 is 0 Å². The Balaban J connectivity index is 3.82. The molecule has 0 nitrogen and oxygen atoms in total. The molecule has 0 aliphatic heterocycles. The molecule has 0 aromatic carbocycles. The van der Waals surface area contributed by atoms with Crippen molar-refractivity contribution in [3.05, 3.63) is 23.0 Å². The summed E-state index contributed by atoms with van der Waals surface area (Å²) in [7, 11) is 0. The molecule has 0 unspecified atom stereocenters. The van der Waals surface area contributed by atoms with Gasteiger partial charge in [0.25, 0.3) is 0 Å². The highest BCUT2D eigenvalue weighted by Gasteiger charge is 1.89. The van der Waals surface area contributed by atoms with Crippen LogP contribution in [0.15, 0.2) is 23.0 Å². The fourth-order valence-electron chi connectivity index (χ4n) is 0.157. The molecule has 0 aliphatic rings. The maximum Gasteiger partial charge on any atom is 0.129 e. The lowest BCUT2D eigenvalue weighted by atomic mass is 10.5. The molecular formula is C5H6BrF. The molecule has 0 amide bonds. The topological polar surface area (TPSA) is 0 Å². The molecule has 0 heterocycles. The van der Waals surface area contributed by atoms with Crippen molar-refractivity contribution >= 4 is 15.9 Å². The zero-order chi connectivity index (χ0) is 5.86. The molecule has 0 atom stereocenters. The predicted molar refractivity (Wildman–Crippen MR) is 32.9 cm³/mol. The minimum absolute atomic E-state index is 0.424. The third-order valence-corrected chi connectivity index (χ3v) is 1.40. The van der Waals surface area contributed by atoms with Gasteiger partial charge < -0.3 is 0 Å². The maximum absolute atomic E-state index is 11.8. The molecule has 0 aromatic rings. The van der Waals surface area contributed by atoms with E-state index in [0.29, 0.717) is 4.48 Å². The van der Waals surface area contributed by atoms with Crippen molar-refractivity contribution in [3.63, 3.8) is 0 Å². The number of rotatable bonds is 1. The summed E-state index contributed by atoms with van der Waals surface area (Å²) in [5.74, 6) is -0.428. The van der Waals surface area contributed by atoms with Gasteiger partial charge in [-0.25, -0.2) is 4.39 Å². The first-order valence-corrected chi connectivity index (χ1v) is 2.64. The average molecular weight is 165 g/mol. The van der Waals surface area contributed by atoms with Gasteiger partial charge in [-0.1, -0.05) is 12.7 Å². The van der Waals surface area contributed by atoms with E-state index < -0.39 is 5.83 Å². The standard InChI is InChI=1S/C5H6BrF/c1-3-5(6)4(2)7/h3H,2H2,1H3/b5-3+. The SMILES string of the molecule is C=C(F)/C(Br)=C\C. The summed E-state index contributed by atoms with van der Waals surface area (Å²) in [6.45, 7) is 4.78. The predicted octanol–water partition coefficient (Wildman–Crippen LogP) is 2.77. The molecule has 0 bridgehead atoms. The summed E-state index contributed by atoms with van der Waals surface area (Å²) in [5, 5.41) is 0. The Morgan fingerprint density at radius 1 is 1.86 bits per heavy atom. The molecular weight excluding hydrogens is 159 g/mol. The molecule has 0 saturated carbocycles. The Morgan fingerprint density at radius 3 is 2.29 bits per heavy atom. The zero-order valence-electron chi connectivity index (χ0n) is 4.04. The van der Waals surface area contributed by atoms with E-state index in [1.54, 1.807) is 13.0 Å². The summed E-state index contributed by atoms with van der Waals surface area (Å²) >= 11 is 2.93. The van der Waals surface area contributed by atoms with Gasteiger partial charge in [0, 0.05) is 4.48 Å². The van der Waals surface area contributed by atoms with Gasteiger partial charge in [0.05, 0.1) is 0 Å². The number of hydrogen-bond donors (Lipinski definition) is 0. The van der Waals surface area contributed by atoms with Crippen LogP contribution in [-0.4, -0.2) is 0 Å². The minimum atomic E-state index is -0.428. The summed E-state index contributed by atoms with van der Waals surface area (Å²) < 4.78 is 12.2. The van der Waals surface area contributed by atoms with Gasteiger partial charge in [0.1, 0.15) is 5.83 Å². The number of hydrogen-bond acceptors (Lipinski definition) is 0. The Kier molecular flexibility index (Phi) is 2.92. The molecule has 0 aromatic heterocycles. The lowest BCUT2D eigenvalue weighted by Crippen LogP contribution is -1.63. The molecule has 0 spiro atoms. The van der Waals surface area contributed by atoms with E-state index in [-0.39, 0.29) is 0 Å². The average Bonchev–Trinajstić information content (AvgIpc) is 1.65. The van der Waals surface area contributed by atoms with Gasteiger partial charge in [-0.05, 0) is 22.9 Å². The molecule has 40 valence electrons. The van der Waals surface area contributed by atoms with Crippen LogP contribution in [0.4, 0.5) is 4.39 Å². The van der Waals surface area contributed by atoms with Crippen molar-refractivity contribution < 1.29 is 4.39 Å². The third kappa shape index (κ3) is 2.57. The Morgan fingerprint density at radius 2 is 2.29 bits per heavy atom. The second-order valence-corrected chi connectivity index (χ2v) is 1.90. The van der Waals surface area contributed by atoms with E-state index in [2.05, 4.69) is 22.5 Å². The molecule has 0 radical (unpaired) electrons. The van der Waals surface area contributed by atoms with E-state index in [4.69, 9.17) is 0 Å². The molecule has 2 heteroatoms. The van der Waals surface area contributed by atoms with Crippen LogP contribution in [0, 0.1) is 0 Å². The third-order valence-electron chi connectivity index (χ3n) is 0.513. The largest absolute Gasteiger partial charge is 0.206 e. The fourth-order valence-corrected chi connectivity index (χ4v) is 0.157. The van der Waals surface area contributed by atoms with E-state index in [1.807, 2.05) is 0 Å². The van der Waals surface area contributed by atoms with Crippen molar-refractivity contribution in [1.29, 1.82) is 0 Å². The Hall–Kier alpha value is -0.110. The van der Waals surface area contributed by atoms with E-state index in [9.17, 15) is 4.39 Å². The summed E-state index contributed by atoms with van der Waals surface area (Å²) in [6, 6.07) is 0. The highest BCUT2D eigenvalue weighted by atomic mass is 79.9. The molecule has 7 heavy (non-hydrogen) atoms. The van der Waals surface area contributed by atoms with Crippen LogP contribution in [0.25, 0.3) is 0 Å². The smallest absolute Gasteiger partial charge is 0.129 e. The number of halogens is 2. The normalized spacial score (nSPS) is 11.6. The van der Waals surface area contributed by atoms with Crippen molar-refractivity contribution in [2.45, 2.75) is 6.92 Å². The van der Waals surface area contributed by atoms with Crippen LogP contribution in [0.2, 0.25) is 0 Å². The minimum Gasteiger partial charge on any atom is -0.206 e. The van der Waals surface area contributed by atoms with Gasteiger partial charge in [-0.15, -0.1) is 0 Å². The summed E-state index contributed by atoms with van der Waals surface area (Å²) in [6.07, 6.45) is 1.60. The molecule has 0 fully saturated rings. The van der Waals surface area contributed by atoms with Gasteiger partial charge in [-0.3, -0.25) is 0 Å². The second-order valence-electron chi connectivity index (χ2n) is 1.04. The molecule has 0 N–H and O–H groups in total. The van der Waals surface area contributed by atoms with Crippen molar-refractivity contribution in [2.75, 3.05) is 0 Å². The quantitative estimate of drug-likeness (QED) is 0.524. The van der Waals surface area contributed by atoms with Crippen molar-refractivity contribution in [1.82, 2.24) is 0 Å². The molecule has 0 aliphatic carbocycles. The molecule has 0 rings (SSSR count). The first-order chi connectivity index (χ1) is 3.18. The first kappa shape index (κ1) is 6.89. The van der Waals surface area contributed by atoms with Crippen LogP contribution in [-0.2, 0) is 0 Å². The first-order valence-electron chi connectivity index (χ1n) is 1.85. The van der Waals surface area contributed by atoms with E-state index in [0.717, 1.165) is 0 Å². The van der Waals surface area contributed by atoms with Crippen LogP contribution in [0.3, 0.4) is 0 Å². The maximum atomic E-state index is 11.8. The van der Waals surface area contributed by atoms with Crippen LogP contribution < -0.4 is 0 Å². The van der Waals surface area contributed by atoms with Gasteiger partial charge in [0.15, 0.2) is 0 Å². The molecule has 0 saturated heterocycles. The lowest BCUT2D eigenvalue weighted by Gasteiger charge is -1.84. The van der Waals surface area contributed by atoms with Gasteiger partial charge in [0.2, 0.25) is 0 Å². The van der Waals surface area contributed by atoms with Gasteiger partial charge >= 0.3 is 0 Å². The zero-order valence-corrected chi connectivity index (χ0v) is 5.63. The van der Waals surface area contributed by atoms with E-state index in [1.165, 1.54) is 0 Å². The Bertz CT molecular complexity index is 105. The van der Waals surface area contributed by atoms with Crippen molar-refractivity contribution in [3.8, 4) is 0 Å². The number of allylic oxidation sites excluding steroid dienone is 3. The monoisotopic (exact) mass is 164 g/mol. The van der Waals surface area contributed by atoms with Crippen LogP contribution in [0.5, 0.6) is 0 Å². The van der Waals surface area contributed by atoms with Gasteiger partial charge in [-0.2, -0.15) is 0 Å². The summed E-state index contributed by atoms with van der Waals surface area (Å²) in [4.78, 5) is 0. The summed E-state index contributed by atoms with van der Waals surface area (Å²) in [5.41, 5.74) is 0. The Labute approximate surface area is 50.9 Å². The van der Waals surface area contributed by atoms with Crippen LogP contribution >= 0.6 is 15.9 Å². The second kappa shape index (κ2) is 2.97. The fraction of sp³-hybridized carbons (Fsp3) is 0.200. The highest BCUT2D eigenvalue weighted by Crippen LogP contribution is 2.14.